The Morgan fingerprint density at radius 3 is 2.60 bits per heavy atom. The van der Waals surface area contributed by atoms with Crippen LogP contribution in [0.4, 0.5) is 5.13 Å². The van der Waals surface area contributed by atoms with Crippen LogP contribution in [0.25, 0.3) is 11.3 Å². The predicted molar refractivity (Wildman–Crippen MR) is 106 cm³/mol. The van der Waals surface area contributed by atoms with Crippen molar-refractivity contribution >= 4 is 44.0 Å². The van der Waals surface area contributed by atoms with Gasteiger partial charge in [0.1, 0.15) is 0 Å². The fourth-order valence-corrected chi connectivity index (χ4v) is 4.00. The number of thiazole rings is 1. The van der Waals surface area contributed by atoms with E-state index >= 15 is 0 Å². The van der Waals surface area contributed by atoms with Gasteiger partial charge in [0.2, 0.25) is 5.91 Å². The largest absolute Gasteiger partial charge is 0.284 e. The number of thioether (sulfide) groups is 1. The molecule has 0 N–H and O–H groups in total. The summed E-state index contributed by atoms with van der Waals surface area (Å²) in [5, 5.41) is 2.48. The lowest BCUT2D eigenvalue weighted by Crippen LogP contribution is -2.31. The number of hydrogen-bond acceptors (Lipinski definition) is 6. The van der Waals surface area contributed by atoms with Gasteiger partial charge in [-0.05, 0) is 18.4 Å². The highest BCUT2D eigenvalue weighted by atomic mass is 32.2. The van der Waals surface area contributed by atoms with Crippen LogP contribution in [-0.4, -0.2) is 44.1 Å². The van der Waals surface area contributed by atoms with Crippen LogP contribution in [0.1, 0.15) is 6.42 Å². The van der Waals surface area contributed by atoms with Crippen molar-refractivity contribution in [3.8, 4) is 11.3 Å². The topological polar surface area (TPSA) is 67.3 Å². The third-order valence-corrected chi connectivity index (χ3v) is 6.04. The highest BCUT2D eigenvalue weighted by Crippen LogP contribution is 2.28. The van der Waals surface area contributed by atoms with Gasteiger partial charge in [-0.3, -0.25) is 9.69 Å². The Kier molecular flexibility index (Phi) is 6.80. The number of carbonyl (C=O) groups excluding carboxylic acids is 1. The van der Waals surface area contributed by atoms with Crippen molar-refractivity contribution in [1.82, 2.24) is 4.98 Å². The first kappa shape index (κ1) is 19.7. The highest BCUT2D eigenvalue weighted by molar-refractivity contribution is 7.98. The number of nitrogens with zero attached hydrogens (tertiary/aromatic N) is 2. The van der Waals surface area contributed by atoms with E-state index in [1.54, 1.807) is 47.0 Å². The van der Waals surface area contributed by atoms with Gasteiger partial charge in [0, 0.05) is 35.9 Å². The fraction of sp³-hybridized carbons (Fsp3) is 0.294. The van der Waals surface area contributed by atoms with Crippen molar-refractivity contribution in [3.05, 3.63) is 42.3 Å². The van der Waals surface area contributed by atoms with Crippen molar-refractivity contribution in [2.24, 2.45) is 0 Å². The molecule has 0 unspecified atom stereocenters. The molecule has 134 valence electrons. The van der Waals surface area contributed by atoms with Gasteiger partial charge in [-0.1, -0.05) is 18.2 Å². The van der Waals surface area contributed by atoms with Gasteiger partial charge in [-0.15, -0.1) is 17.9 Å². The number of aromatic nitrogens is 1. The lowest BCUT2D eigenvalue weighted by Gasteiger charge is -2.17. The number of anilines is 1. The minimum Gasteiger partial charge on any atom is -0.284 e. The average Bonchev–Trinajstić information content (AvgIpc) is 3.06. The summed E-state index contributed by atoms with van der Waals surface area (Å²) in [6, 6.07) is 6.58. The van der Waals surface area contributed by atoms with Gasteiger partial charge in [0.05, 0.1) is 10.6 Å². The van der Waals surface area contributed by atoms with E-state index in [1.807, 2.05) is 11.6 Å². The fourth-order valence-electron chi connectivity index (χ4n) is 2.13. The van der Waals surface area contributed by atoms with Gasteiger partial charge in [-0.25, -0.2) is 13.4 Å². The molecule has 0 aliphatic carbocycles. The van der Waals surface area contributed by atoms with E-state index in [4.69, 9.17) is 0 Å². The zero-order valence-corrected chi connectivity index (χ0v) is 16.6. The Hall–Kier alpha value is -1.64. The molecule has 0 aliphatic rings. The number of carbonyl (C=O) groups is 1. The van der Waals surface area contributed by atoms with Crippen molar-refractivity contribution < 1.29 is 13.2 Å². The number of amides is 1. The zero-order valence-electron chi connectivity index (χ0n) is 14.1. The molecule has 0 radical (unpaired) electrons. The molecule has 8 heteroatoms. The van der Waals surface area contributed by atoms with Crippen LogP contribution >= 0.6 is 23.1 Å². The summed E-state index contributed by atoms with van der Waals surface area (Å²) in [6.45, 7) is 4.12. The lowest BCUT2D eigenvalue weighted by atomic mass is 10.2. The summed E-state index contributed by atoms with van der Waals surface area (Å²) in [5.41, 5.74) is 1.52. The summed E-state index contributed by atoms with van der Waals surface area (Å²) < 4.78 is 23.1. The van der Waals surface area contributed by atoms with Crippen molar-refractivity contribution in [1.29, 1.82) is 0 Å². The average molecular weight is 397 g/mol. The molecule has 2 rings (SSSR count). The maximum absolute atomic E-state index is 12.4. The normalized spacial score (nSPS) is 11.3. The van der Waals surface area contributed by atoms with E-state index in [1.165, 1.54) is 17.6 Å². The number of hydrogen-bond donors (Lipinski definition) is 0. The smallest absolute Gasteiger partial charge is 0.229 e. The van der Waals surface area contributed by atoms with Crippen LogP contribution in [0.3, 0.4) is 0 Å². The molecule has 5 nitrogen and oxygen atoms in total. The van der Waals surface area contributed by atoms with E-state index in [0.717, 1.165) is 11.3 Å². The van der Waals surface area contributed by atoms with Crippen molar-refractivity contribution in [2.75, 3.05) is 29.7 Å². The first-order valence-corrected chi connectivity index (χ1v) is 11.7. The molecule has 0 spiro atoms. The molecule has 2 aromatic rings. The van der Waals surface area contributed by atoms with Gasteiger partial charge in [-0.2, -0.15) is 11.8 Å². The molecule has 0 saturated carbocycles. The number of benzene rings is 1. The Bertz CT molecular complexity index is 842. The lowest BCUT2D eigenvalue weighted by molar-refractivity contribution is -0.118. The van der Waals surface area contributed by atoms with Crippen molar-refractivity contribution in [2.45, 2.75) is 11.3 Å². The van der Waals surface area contributed by atoms with Gasteiger partial charge < -0.3 is 0 Å². The third-order valence-electron chi connectivity index (χ3n) is 3.43. The molecule has 0 atom stereocenters. The van der Waals surface area contributed by atoms with Crippen molar-refractivity contribution in [3.63, 3.8) is 0 Å². The molecule has 0 bridgehead atoms. The van der Waals surface area contributed by atoms with Crippen LogP contribution in [0.2, 0.25) is 0 Å². The SMILES string of the molecule is C=CCN(C(=O)CCSC)c1nc(-c2ccc(S(C)(=O)=O)cc2)cs1. The second-order valence-electron chi connectivity index (χ2n) is 5.35. The van der Waals surface area contributed by atoms with E-state index in [-0.39, 0.29) is 10.8 Å². The first-order chi connectivity index (χ1) is 11.9. The molecular weight excluding hydrogens is 376 g/mol. The van der Waals surface area contributed by atoms with Crippen LogP contribution < -0.4 is 4.90 Å². The second-order valence-corrected chi connectivity index (χ2v) is 9.19. The standard InChI is InChI=1S/C17H20N2O3S3/c1-4-10-19(16(20)9-11-23-2)17-18-15(12-24-17)13-5-7-14(8-6-13)25(3,21)22/h4-8,12H,1,9-11H2,2-3H3. The maximum Gasteiger partial charge on any atom is 0.229 e. The summed E-state index contributed by atoms with van der Waals surface area (Å²) in [5.74, 6) is 0.778. The third kappa shape index (κ3) is 5.17. The van der Waals surface area contributed by atoms with E-state index < -0.39 is 9.84 Å². The summed E-state index contributed by atoms with van der Waals surface area (Å²) in [4.78, 5) is 18.8. The Labute approximate surface area is 156 Å². The predicted octanol–water partition coefficient (Wildman–Crippen LogP) is 3.49. The highest BCUT2D eigenvalue weighted by Gasteiger charge is 2.18. The maximum atomic E-state index is 12.4. The van der Waals surface area contributed by atoms with Crippen LogP contribution in [-0.2, 0) is 14.6 Å². The molecule has 1 heterocycles. The van der Waals surface area contributed by atoms with Crippen LogP contribution in [0.5, 0.6) is 0 Å². The quantitative estimate of drug-likeness (QED) is 0.639. The van der Waals surface area contributed by atoms with Gasteiger partial charge >= 0.3 is 0 Å². The van der Waals surface area contributed by atoms with Gasteiger partial charge in [0.25, 0.3) is 0 Å². The Morgan fingerprint density at radius 1 is 1.36 bits per heavy atom. The first-order valence-electron chi connectivity index (χ1n) is 7.53. The summed E-state index contributed by atoms with van der Waals surface area (Å²) >= 11 is 3.01. The van der Waals surface area contributed by atoms with Gasteiger partial charge in [0.15, 0.2) is 15.0 Å². The molecule has 1 amide bonds. The second kappa shape index (κ2) is 8.64. The monoisotopic (exact) mass is 396 g/mol. The van der Waals surface area contributed by atoms with Crippen LogP contribution in [0, 0.1) is 0 Å². The number of sulfone groups is 1. The Balaban J connectivity index is 2.24. The number of rotatable bonds is 8. The van der Waals surface area contributed by atoms with E-state index in [9.17, 15) is 13.2 Å². The summed E-state index contributed by atoms with van der Waals surface area (Å²) in [7, 11) is -3.22. The molecule has 1 aromatic carbocycles. The van der Waals surface area contributed by atoms with Crippen LogP contribution in [0.15, 0.2) is 47.2 Å². The molecule has 25 heavy (non-hydrogen) atoms. The molecule has 0 fully saturated rings. The summed E-state index contributed by atoms with van der Waals surface area (Å²) in [6.07, 6.45) is 5.27. The minimum absolute atomic E-state index is 0.0163. The Morgan fingerprint density at radius 2 is 2.04 bits per heavy atom. The minimum atomic E-state index is -3.22. The molecule has 1 aromatic heterocycles. The molecular formula is C17H20N2O3S3. The zero-order chi connectivity index (χ0) is 18.4. The molecule has 0 saturated heterocycles. The van der Waals surface area contributed by atoms with E-state index in [0.29, 0.717) is 23.8 Å². The molecule has 0 aliphatic heterocycles. The van der Waals surface area contributed by atoms with E-state index in [2.05, 4.69) is 11.6 Å².